The van der Waals surface area contributed by atoms with Gasteiger partial charge in [0.15, 0.2) is 5.69 Å². The third kappa shape index (κ3) is 2.98. The standard InChI is InChI=1S/C13H10F3NO2S/c1-2-19-12(18)10-7-20-11(17-10)8-5-3-4-6-9(8)13(14,15)16/h3-7H,2H2,1H3. The lowest BCUT2D eigenvalue weighted by Gasteiger charge is -2.10. The van der Waals surface area contributed by atoms with E-state index in [-0.39, 0.29) is 22.9 Å². The molecule has 0 radical (unpaired) electrons. The van der Waals surface area contributed by atoms with Crippen LogP contribution >= 0.6 is 11.3 Å². The van der Waals surface area contributed by atoms with Crippen LogP contribution in [0, 0.1) is 0 Å². The quantitative estimate of drug-likeness (QED) is 0.804. The van der Waals surface area contributed by atoms with Gasteiger partial charge in [0.25, 0.3) is 0 Å². The molecule has 1 heterocycles. The fraction of sp³-hybridized carbons (Fsp3) is 0.231. The number of esters is 1. The number of carbonyl (C=O) groups is 1. The van der Waals surface area contributed by atoms with Gasteiger partial charge in [-0.05, 0) is 13.0 Å². The number of alkyl halides is 3. The predicted molar refractivity (Wildman–Crippen MR) is 68.5 cm³/mol. The summed E-state index contributed by atoms with van der Waals surface area (Å²) in [6, 6.07) is 5.12. The van der Waals surface area contributed by atoms with E-state index < -0.39 is 17.7 Å². The zero-order chi connectivity index (χ0) is 14.8. The Labute approximate surface area is 117 Å². The lowest BCUT2D eigenvalue weighted by Crippen LogP contribution is -2.07. The van der Waals surface area contributed by atoms with Gasteiger partial charge in [-0.25, -0.2) is 9.78 Å². The number of benzene rings is 1. The van der Waals surface area contributed by atoms with E-state index in [1.54, 1.807) is 6.92 Å². The molecule has 106 valence electrons. The summed E-state index contributed by atoms with van der Waals surface area (Å²) in [6.07, 6.45) is -4.47. The molecule has 2 rings (SSSR count). The van der Waals surface area contributed by atoms with Gasteiger partial charge >= 0.3 is 12.1 Å². The van der Waals surface area contributed by atoms with E-state index in [0.29, 0.717) is 0 Å². The van der Waals surface area contributed by atoms with Crippen LogP contribution < -0.4 is 0 Å². The van der Waals surface area contributed by atoms with Gasteiger partial charge in [0, 0.05) is 10.9 Å². The highest BCUT2D eigenvalue weighted by Crippen LogP contribution is 2.37. The molecule has 7 heteroatoms. The number of carbonyl (C=O) groups excluding carboxylic acids is 1. The molecular weight excluding hydrogens is 291 g/mol. The van der Waals surface area contributed by atoms with E-state index in [1.807, 2.05) is 0 Å². The Balaban J connectivity index is 2.41. The summed E-state index contributed by atoms with van der Waals surface area (Å²) < 4.78 is 43.5. The summed E-state index contributed by atoms with van der Waals surface area (Å²) >= 11 is 0.975. The third-order valence-electron chi connectivity index (χ3n) is 2.45. The molecular formula is C13H10F3NO2S. The van der Waals surface area contributed by atoms with Crippen molar-refractivity contribution in [2.24, 2.45) is 0 Å². The molecule has 0 amide bonds. The van der Waals surface area contributed by atoms with E-state index >= 15 is 0 Å². The van der Waals surface area contributed by atoms with Crippen LogP contribution in [0.15, 0.2) is 29.6 Å². The van der Waals surface area contributed by atoms with Crippen molar-refractivity contribution >= 4 is 17.3 Å². The summed E-state index contributed by atoms with van der Waals surface area (Å²) in [5.74, 6) is -0.639. The Hall–Kier alpha value is -1.89. The number of halogens is 3. The van der Waals surface area contributed by atoms with E-state index in [9.17, 15) is 18.0 Å². The molecule has 2 aromatic rings. The van der Waals surface area contributed by atoms with E-state index in [0.717, 1.165) is 17.4 Å². The summed E-state index contributed by atoms with van der Waals surface area (Å²) in [4.78, 5) is 15.4. The average Bonchev–Trinajstić information content (AvgIpc) is 2.87. The Kier molecular flexibility index (Phi) is 4.08. The summed E-state index contributed by atoms with van der Waals surface area (Å²) in [5, 5.41) is 1.53. The van der Waals surface area contributed by atoms with Crippen LogP contribution in [0.3, 0.4) is 0 Å². The molecule has 0 atom stereocenters. The number of thiazole rings is 1. The molecule has 3 nitrogen and oxygen atoms in total. The fourth-order valence-corrected chi connectivity index (χ4v) is 2.44. The minimum atomic E-state index is -4.47. The Bertz CT molecular complexity index is 622. The van der Waals surface area contributed by atoms with Gasteiger partial charge in [-0.15, -0.1) is 11.3 Å². The number of nitrogens with zero attached hydrogens (tertiary/aromatic N) is 1. The number of hydrogen-bond donors (Lipinski definition) is 0. The van der Waals surface area contributed by atoms with E-state index in [4.69, 9.17) is 4.74 Å². The molecule has 0 saturated heterocycles. The second-order valence-corrected chi connectivity index (χ2v) is 4.66. The molecule has 20 heavy (non-hydrogen) atoms. The fourth-order valence-electron chi connectivity index (χ4n) is 1.61. The molecule has 0 bridgehead atoms. The average molecular weight is 301 g/mol. The number of ether oxygens (including phenoxy) is 1. The maximum absolute atomic E-state index is 12.9. The Morgan fingerprint density at radius 1 is 1.35 bits per heavy atom. The van der Waals surface area contributed by atoms with Gasteiger partial charge in [-0.1, -0.05) is 18.2 Å². The minimum Gasteiger partial charge on any atom is -0.461 e. The first-order valence-electron chi connectivity index (χ1n) is 5.72. The lowest BCUT2D eigenvalue weighted by molar-refractivity contribution is -0.137. The molecule has 0 fully saturated rings. The SMILES string of the molecule is CCOC(=O)c1csc(-c2ccccc2C(F)(F)F)n1. The largest absolute Gasteiger partial charge is 0.461 e. The van der Waals surface area contributed by atoms with Crippen LogP contribution in [0.1, 0.15) is 23.0 Å². The highest BCUT2D eigenvalue weighted by molar-refractivity contribution is 7.13. The van der Waals surface area contributed by atoms with Crippen LogP contribution in [-0.2, 0) is 10.9 Å². The highest BCUT2D eigenvalue weighted by Gasteiger charge is 2.34. The molecule has 0 aliphatic heterocycles. The highest BCUT2D eigenvalue weighted by atomic mass is 32.1. The smallest absolute Gasteiger partial charge is 0.417 e. The number of aromatic nitrogens is 1. The van der Waals surface area contributed by atoms with Crippen LogP contribution in [-0.4, -0.2) is 17.6 Å². The van der Waals surface area contributed by atoms with Gasteiger partial charge in [0.2, 0.25) is 0 Å². The number of rotatable bonds is 3. The first-order valence-corrected chi connectivity index (χ1v) is 6.60. The maximum atomic E-state index is 12.9. The van der Waals surface area contributed by atoms with Gasteiger partial charge in [0.05, 0.1) is 12.2 Å². The molecule has 0 aliphatic rings. The second-order valence-electron chi connectivity index (χ2n) is 3.80. The van der Waals surface area contributed by atoms with Crippen molar-refractivity contribution < 1.29 is 22.7 Å². The maximum Gasteiger partial charge on any atom is 0.417 e. The lowest BCUT2D eigenvalue weighted by atomic mass is 10.1. The van der Waals surface area contributed by atoms with Crippen molar-refractivity contribution in [1.82, 2.24) is 4.98 Å². The Morgan fingerprint density at radius 3 is 2.70 bits per heavy atom. The van der Waals surface area contributed by atoms with Gasteiger partial charge in [-0.2, -0.15) is 13.2 Å². The monoisotopic (exact) mass is 301 g/mol. The summed E-state index contributed by atoms with van der Waals surface area (Å²) in [6.45, 7) is 1.83. The molecule has 0 spiro atoms. The molecule has 0 N–H and O–H groups in total. The van der Waals surface area contributed by atoms with Crippen LogP contribution in [0.25, 0.3) is 10.6 Å². The summed E-state index contributed by atoms with van der Waals surface area (Å²) in [7, 11) is 0. The Morgan fingerprint density at radius 2 is 2.05 bits per heavy atom. The summed E-state index contributed by atoms with van der Waals surface area (Å²) in [5.41, 5.74) is -0.797. The van der Waals surface area contributed by atoms with Crippen molar-refractivity contribution in [1.29, 1.82) is 0 Å². The van der Waals surface area contributed by atoms with Gasteiger partial charge in [0.1, 0.15) is 5.01 Å². The van der Waals surface area contributed by atoms with Crippen LogP contribution in [0.5, 0.6) is 0 Å². The first kappa shape index (κ1) is 14.5. The molecule has 1 aromatic heterocycles. The van der Waals surface area contributed by atoms with Gasteiger partial charge < -0.3 is 4.74 Å². The zero-order valence-electron chi connectivity index (χ0n) is 10.4. The van der Waals surface area contributed by atoms with Crippen LogP contribution in [0.4, 0.5) is 13.2 Å². The van der Waals surface area contributed by atoms with Crippen LogP contribution in [0.2, 0.25) is 0 Å². The second kappa shape index (κ2) is 5.62. The van der Waals surface area contributed by atoms with E-state index in [1.165, 1.54) is 23.6 Å². The van der Waals surface area contributed by atoms with E-state index in [2.05, 4.69) is 4.98 Å². The predicted octanol–water partition coefficient (Wildman–Crippen LogP) is 4.01. The molecule has 0 saturated carbocycles. The number of hydrogen-bond acceptors (Lipinski definition) is 4. The van der Waals surface area contributed by atoms with Crippen molar-refractivity contribution in [3.05, 3.63) is 40.9 Å². The first-order chi connectivity index (χ1) is 9.43. The van der Waals surface area contributed by atoms with Gasteiger partial charge in [-0.3, -0.25) is 0 Å². The molecule has 0 unspecified atom stereocenters. The van der Waals surface area contributed by atoms with Crippen molar-refractivity contribution in [2.45, 2.75) is 13.1 Å². The minimum absolute atomic E-state index is 0.0174. The zero-order valence-corrected chi connectivity index (χ0v) is 11.2. The third-order valence-corrected chi connectivity index (χ3v) is 3.33. The van der Waals surface area contributed by atoms with Crippen molar-refractivity contribution in [2.75, 3.05) is 6.61 Å². The normalized spacial score (nSPS) is 11.4. The van der Waals surface area contributed by atoms with Crippen molar-refractivity contribution in [3.8, 4) is 10.6 Å². The molecule has 0 aliphatic carbocycles. The molecule has 1 aromatic carbocycles. The topological polar surface area (TPSA) is 39.2 Å². The van der Waals surface area contributed by atoms with Crippen molar-refractivity contribution in [3.63, 3.8) is 0 Å².